The van der Waals surface area contributed by atoms with Gasteiger partial charge in [0.2, 0.25) is 0 Å². The third kappa shape index (κ3) is 5.71. The summed E-state index contributed by atoms with van der Waals surface area (Å²) in [6, 6.07) is 10.6. The molecule has 0 unspecified atom stereocenters. The van der Waals surface area contributed by atoms with E-state index in [0.29, 0.717) is 18.8 Å². The maximum Gasteiger partial charge on any atom is 0.177 e. The number of benzene rings is 2. The van der Waals surface area contributed by atoms with Crippen LogP contribution in [0.2, 0.25) is 0 Å². The van der Waals surface area contributed by atoms with E-state index in [1.165, 1.54) is 30.3 Å². The third-order valence-corrected chi connectivity index (χ3v) is 7.34. The van der Waals surface area contributed by atoms with E-state index in [4.69, 9.17) is 0 Å². The standard InChI is InChI=1S/C20H26FN3O4S2/c1-29(25,26)18-7-8-19(20(15-18)30(2,27)28)22-9-10-23-11-13-24(14-12-23)17-5-3-16(21)4-6-17/h3-8,15,22H,9-14H2,1-2H3. The molecule has 1 saturated heterocycles. The first-order valence-corrected chi connectivity index (χ1v) is 13.3. The van der Waals surface area contributed by atoms with Crippen molar-refractivity contribution < 1.29 is 21.2 Å². The van der Waals surface area contributed by atoms with Crippen molar-refractivity contribution in [2.75, 3.05) is 62.0 Å². The average molecular weight is 456 g/mol. The molecule has 164 valence electrons. The molecule has 30 heavy (non-hydrogen) atoms. The molecule has 0 bridgehead atoms. The lowest BCUT2D eigenvalue weighted by molar-refractivity contribution is 0.267. The zero-order chi connectivity index (χ0) is 21.9. The summed E-state index contributed by atoms with van der Waals surface area (Å²) in [6.45, 7) is 4.56. The van der Waals surface area contributed by atoms with Gasteiger partial charge in [0.1, 0.15) is 5.82 Å². The Labute approximate surface area is 177 Å². The van der Waals surface area contributed by atoms with Gasteiger partial charge < -0.3 is 10.2 Å². The Balaban J connectivity index is 1.57. The van der Waals surface area contributed by atoms with E-state index in [2.05, 4.69) is 15.1 Å². The Morgan fingerprint density at radius 2 is 1.53 bits per heavy atom. The van der Waals surface area contributed by atoms with Gasteiger partial charge in [-0.3, -0.25) is 4.90 Å². The van der Waals surface area contributed by atoms with Gasteiger partial charge in [-0.2, -0.15) is 0 Å². The second-order valence-electron chi connectivity index (χ2n) is 7.43. The van der Waals surface area contributed by atoms with Gasteiger partial charge in [0.05, 0.1) is 15.5 Å². The smallest absolute Gasteiger partial charge is 0.177 e. The Bertz CT molecular complexity index is 1100. The van der Waals surface area contributed by atoms with E-state index < -0.39 is 19.7 Å². The molecule has 7 nitrogen and oxygen atoms in total. The molecule has 10 heteroatoms. The van der Waals surface area contributed by atoms with Crippen LogP contribution in [0, 0.1) is 5.82 Å². The Kier molecular flexibility index (Phi) is 6.68. The number of anilines is 2. The molecule has 1 aliphatic heterocycles. The van der Waals surface area contributed by atoms with Crippen LogP contribution in [0.1, 0.15) is 0 Å². The summed E-state index contributed by atoms with van der Waals surface area (Å²) in [5.74, 6) is -0.249. The van der Waals surface area contributed by atoms with Gasteiger partial charge in [0.15, 0.2) is 19.7 Å². The molecular formula is C20H26FN3O4S2. The van der Waals surface area contributed by atoms with Gasteiger partial charge in [-0.15, -0.1) is 0 Å². The van der Waals surface area contributed by atoms with Crippen LogP contribution >= 0.6 is 0 Å². The normalized spacial score (nSPS) is 15.9. The molecule has 1 fully saturated rings. The summed E-state index contributed by atoms with van der Waals surface area (Å²) in [7, 11) is -7.08. The summed E-state index contributed by atoms with van der Waals surface area (Å²) in [5, 5.41) is 3.12. The highest BCUT2D eigenvalue weighted by molar-refractivity contribution is 7.91. The summed E-state index contributed by atoms with van der Waals surface area (Å²) in [5.41, 5.74) is 1.40. The van der Waals surface area contributed by atoms with Crippen LogP contribution in [0.4, 0.5) is 15.8 Å². The van der Waals surface area contributed by atoms with Crippen molar-refractivity contribution in [2.24, 2.45) is 0 Å². The van der Waals surface area contributed by atoms with Crippen molar-refractivity contribution in [2.45, 2.75) is 9.79 Å². The molecule has 1 N–H and O–H groups in total. The van der Waals surface area contributed by atoms with Crippen LogP contribution in [0.25, 0.3) is 0 Å². The fourth-order valence-electron chi connectivity index (χ4n) is 3.42. The first-order chi connectivity index (χ1) is 14.0. The molecule has 3 rings (SSSR count). The third-order valence-electron chi connectivity index (χ3n) is 5.09. The lowest BCUT2D eigenvalue weighted by atomic mass is 10.2. The minimum atomic E-state index is -3.59. The van der Waals surface area contributed by atoms with E-state index in [1.807, 2.05) is 0 Å². The molecule has 0 atom stereocenters. The summed E-state index contributed by atoms with van der Waals surface area (Å²) < 4.78 is 60.8. The minimum absolute atomic E-state index is 0.0217. The molecule has 0 spiro atoms. The maximum atomic E-state index is 13.1. The summed E-state index contributed by atoms with van der Waals surface area (Å²) in [4.78, 5) is 4.42. The second kappa shape index (κ2) is 8.91. The SMILES string of the molecule is CS(=O)(=O)c1ccc(NCCN2CCN(c3ccc(F)cc3)CC2)c(S(C)(=O)=O)c1. The molecule has 0 saturated carbocycles. The van der Waals surface area contributed by atoms with Crippen molar-refractivity contribution >= 4 is 31.0 Å². The van der Waals surface area contributed by atoms with Gasteiger partial charge in [-0.05, 0) is 42.5 Å². The zero-order valence-electron chi connectivity index (χ0n) is 17.0. The Morgan fingerprint density at radius 1 is 0.900 bits per heavy atom. The van der Waals surface area contributed by atoms with Gasteiger partial charge in [-0.25, -0.2) is 21.2 Å². The number of halogens is 1. The predicted octanol–water partition coefficient (Wildman–Crippen LogP) is 1.87. The fraction of sp³-hybridized carbons (Fsp3) is 0.400. The summed E-state index contributed by atoms with van der Waals surface area (Å²) in [6.07, 6.45) is 2.11. The zero-order valence-corrected chi connectivity index (χ0v) is 18.6. The van der Waals surface area contributed by atoms with E-state index >= 15 is 0 Å². The molecule has 0 amide bonds. The van der Waals surface area contributed by atoms with E-state index in [1.54, 1.807) is 12.1 Å². The van der Waals surface area contributed by atoms with Gasteiger partial charge >= 0.3 is 0 Å². The molecule has 1 heterocycles. The summed E-state index contributed by atoms with van der Waals surface area (Å²) >= 11 is 0. The predicted molar refractivity (Wildman–Crippen MR) is 116 cm³/mol. The quantitative estimate of drug-likeness (QED) is 0.682. The van der Waals surface area contributed by atoms with Crippen molar-refractivity contribution in [1.82, 2.24) is 4.90 Å². The molecule has 2 aromatic carbocycles. The maximum absolute atomic E-state index is 13.1. The van der Waals surface area contributed by atoms with Crippen LogP contribution in [0.3, 0.4) is 0 Å². The lowest BCUT2D eigenvalue weighted by Crippen LogP contribution is -2.47. The van der Waals surface area contributed by atoms with Crippen molar-refractivity contribution in [3.8, 4) is 0 Å². The van der Waals surface area contributed by atoms with Crippen molar-refractivity contribution in [3.63, 3.8) is 0 Å². The topological polar surface area (TPSA) is 86.8 Å². The van der Waals surface area contributed by atoms with Gasteiger partial charge in [0, 0.05) is 57.5 Å². The molecular weight excluding hydrogens is 429 g/mol. The monoisotopic (exact) mass is 455 g/mol. The number of nitrogens with zero attached hydrogens (tertiary/aromatic N) is 2. The largest absolute Gasteiger partial charge is 0.383 e. The van der Waals surface area contributed by atoms with Crippen LogP contribution in [-0.2, 0) is 19.7 Å². The van der Waals surface area contributed by atoms with Gasteiger partial charge in [0.25, 0.3) is 0 Å². The van der Waals surface area contributed by atoms with Crippen molar-refractivity contribution in [3.05, 3.63) is 48.3 Å². The van der Waals surface area contributed by atoms with Crippen molar-refractivity contribution in [1.29, 1.82) is 0 Å². The number of sulfone groups is 2. The lowest BCUT2D eigenvalue weighted by Gasteiger charge is -2.36. The fourth-order valence-corrected chi connectivity index (χ4v) is 5.02. The Morgan fingerprint density at radius 3 is 2.10 bits per heavy atom. The van der Waals surface area contributed by atoms with Crippen LogP contribution < -0.4 is 10.2 Å². The van der Waals surface area contributed by atoms with Crippen LogP contribution in [-0.4, -0.2) is 73.5 Å². The average Bonchev–Trinajstić information content (AvgIpc) is 2.68. The van der Waals surface area contributed by atoms with Crippen LogP contribution in [0.5, 0.6) is 0 Å². The van der Waals surface area contributed by atoms with E-state index in [-0.39, 0.29) is 15.6 Å². The van der Waals surface area contributed by atoms with E-state index in [9.17, 15) is 21.2 Å². The molecule has 0 radical (unpaired) electrons. The Hall–Kier alpha value is -2.17. The van der Waals surface area contributed by atoms with Gasteiger partial charge in [-0.1, -0.05) is 0 Å². The minimum Gasteiger partial charge on any atom is -0.383 e. The number of nitrogens with one attached hydrogen (secondary N) is 1. The number of rotatable bonds is 7. The number of piperazine rings is 1. The molecule has 0 aliphatic carbocycles. The number of hydrogen-bond acceptors (Lipinski definition) is 7. The first kappa shape index (κ1) is 22.5. The first-order valence-electron chi connectivity index (χ1n) is 9.55. The highest BCUT2D eigenvalue weighted by Crippen LogP contribution is 2.25. The number of hydrogen-bond donors (Lipinski definition) is 1. The highest BCUT2D eigenvalue weighted by atomic mass is 32.2. The highest BCUT2D eigenvalue weighted by Gasteiger charge is 2.19. The molecule has 0 aromatic heterocycles. The van der Waals surface area contributed by atoms with Crippen LogP contribution in [0.15, 0.2) is 52.3 Å². The molecule has 2 aromatic rings. The molecule has 1 aliphatic rings. The van der Waals surface area contributed by atoms with E-state index in [0.717, 1.165) is 44.4 Å². The second-order valence-corrected chi connectivity index (χ2v) is 11.4.